The summed E-state index contributed by atoms with van der Waals surface area (Å²) in [7, 11) is 1.65. The van der Waals surface area contributed by atoms with E-state index in [1.807, 2.05) is 48.7 Å². The lowest BCUT2D eigenvalue weighted by Crippen LogP contribution is -2.24. The predicted molar refractivity (Wildman–Crippen MR) is 126 cm³/mol. The van der Waals surface area contributed by atoms with Gasteiger partial charge in [0.2, 0.25) is 0 Å². The van der Waals surface area contributed by atoms with Crippen LogP contribution in [0.4, 0.5) is 5.82 Å². The van der Waals surface area contributed by atoms with Crippen molar-refractivity contribution in [2.24, 2.45) is 0 Å². The van der Waals surface area contributed by atoms with Crippen molar-refractivity contribution in [3.05, 3.63) is 69.6 Å². The molecule has 160 valence electrons. The van der Waals surface area contributed by atoms with E-state index >= 15 is 0 Å². The van der Waals surface area contributed by atoms with Crippen LogP contribution in [0, 0.1) is 6.92 Å². The minimum Gasteiger partial charge on any atom is -0.497 e. The molecule has 1 aromatic carbocycles. The molecule has 7 nitrogen and oxygen atoms in total. The normalized spacial score (nSPS) is 13.4. The molecular formula is C23H18N4O3S2. The van der Waals surface area contributed by atoms with E-state index in [9.17, 15) is 9.59 Å². The Balaban J connectivity index is 1.60. The molecule has 5 rings (SSSR count). The molecule has 2 N–H and O–H groups in total. The van der Waals surface area contributed by atoms with Gasteiger partial charge in [-0.25, -0.2) is 9.97 Å². The number of methoxy groups -OCH3 is 1. The second kappa shape index (κ2) is 8.18. The molecule has 1 aliphatic rings. The molecule has 2 amide bonds. The molecule has 0 fully saturated rings. The second-order valence-electron chi connectivity index (χ2n) is 7.23. The fourth-order valence-electron chi connectivity index (χ4n) is 3.52. The maximum Gasteiger partial charge on any atom is 0.274 e. The number of nitrogens with one attached hydrogen (secondary N) is 2. The molecule has 0 aliphatic carbocycles. The minimum atomic E-state index is -0.467. The zero-order valence-corrected chi connectivity index (χ0v) is 18.9. The summed E-state index contributed by atoms with van der Waals surface area (Å²) in [5.41, 5.74) is 2.38. The minimum absolute atomic E-state index is 0.175. The van der Waals surface area contributed by atoms with Gasteiger partial charge in [0.05, 0.1) is 17.4 Å². The van der Waals surface area contributed by atoms with Crippen LogP contribution < -0.4 is 15.4 Å². The van der Waals surface area contributed by atoms with Crippen molar-refractivity contribution in [2.45, 2.75) is 13.3 Å². The fourth-order valence-corrected chi connectivity index (χ4v) is 5.39. The third-order valence-electron chi connectivity index (χ3n) is 5.16. The molecule has 4 heterocycles. The van der Waals surface area contributed by atoms with Crippen LogP contribution in [0.1, 0.15) is 16.0 Å². The Labute approximate surface area is 191 Å². The van der Waals surface area contributed by atoms with Crippen molar-refractivity contribution in [3.63, 3.8) is 0 Å². The van der Waals surface area contributed by atoms with Gasteiger partial charge < -0.3 is 10.1 Å². The van der Waals surface area contributed by atoms with Crippen molar-refractivity contribution >= 4 is 50.5 Å². The van der Waals surface area contributed by atoms with E-state index in [2.05, 4.69) is 10.6 Å². The smallest absolute Gasteiger partial charge is 0.274 e. The van der Waals surface area contributed by atoms with Crippen LogP contribution in [0.5, 0.6) is 5.75 Å². The van der Waals surface area contributed by atoms with E-state index < -0.39 is 11.8 Å². The summed E-state index contributed by atoms with van der Waals surface area (Å²) in [6.07, 6.45) is 1.99. The molecule has 0 bridgehead atoms. The lowest BCUT2D eigenvalue weighted by molar-refractivity contribution is -0.123. The van der Waals surface area contributed by atoms with Gasteiger partial charge in [-0.2, -0.15) is 0 Å². The maximum absolute atomic E-state index is 12.1. The third kappa shape index (κ3) is 3.76. The van der Waals surface area contributed by atoms with Gasteiger partial charge in [0.25, 0.3) is 11.8 Å². The number of nitrogens with zero attached hydrogens (tertiary/aromatic N) is 2. The van der Waals surface area contributed by atoms with Crippen LogP contribution in [0.3, 0.4) is 0 Å². The van der Waals surface area contributed by atoms with Gasteiger partial charge in [0.1, 0.15) is 22.1 Å². The number of hydrogen-bond donors (Lipinski definition) is 2. The largest absolute Gasteiger partial charge is 0.497 e. The molecule has 32 heavy (non-hydrogen) atoms. The first kappa shape index (κ1) is 20.3. The maximum atomic E-state index is 12.1. The highest BCUT2D eigenvalue weighted by Crippen LogP contribution is 2.38. The van der Waals surface area contributed by atoms with E-state index in [-0.39, 0.29) is 5.70 Å². The second-order valence-corrected chi connectivity index (χ2v) is 9.26. The fraction of sp³-hybridized carbons (Fsp3) is 0.130. The molecule has 9 heteroatoms. The summed E-state index contributed by atoms with van der Waals surface area (Å²) in [6.45, 7) is 2.03. The van der Waals surface area contributed by atoms with Crippen LogP contribution in [0.25, 0.3) is 20.9 Å². The van der Waals surface area contributed by atoms with Gasteiger partial charge in [-0.1, -0.05) is 18.2 Å². The number of ether oxygens (including phenoxy) is 1. The average molecular weight is 463 g/mol. The Morgan fingerprint density at radius 3 is 2.59 bits per heavy atom. The SMILES string of the molecule is COc1ccc(Cc2sc3nc(-c4cccs4)nc(NC4=CC(=O)NC4=O)c3c2C)cc1. The molecule has 4 aromatic rings. The summed E-state index contributed by atoms with van der Waals surface area (Å²) in [6, 6.07) is 11.9. The standard InChI is InChI=1S/C23H18N4O3S2/c1-12-17(10-13-5-7-14(30-2)8-6-13)32-23-19(12)21(24-15-11-18(28)25-22(15)29)26-20(27-23)16-4-3-9-31-16/h3-9,11H,10H2,1-2H3,(H2,24,25,26,27,28,29). The topological polar surface area (TPSA) is 93.2 Å². The zero-order chi connectivity index (χ0) is 22.2. The Kier molecular flexibility index (Phi) is 5.20. The van der Waals surface area contributed by atoms with Crippen molar-refractivity contribution in [2.75, 3.05) is 12.4 Å². The Bertz CT molecular complexity index is 1370. The van der Waals surface area contributed by atoms with E-state index in [1.165, 1.54) is 6.08 Å². The lowest BCUT2D eigenvalue weighted by Gasteiger charge is -2.09. The lowest BCUT2D eigenvalue weighted by atomic mass is 10.1. The molecule has 0 atom stereocenters. The Hall–Kier alpha value is -3.56. The van der Waals surface area contributed by atoms with E-state index in [4.69, 9.17) is 14.7 Å². The number of hydrogen-bond acceptors (Lipinski definition) is 8. The first-order chi connectivity index (χ1) is 15.5. The molecule has 0 saturated carbocycles. The predicted octanol–water partition coefficient (Wildman–Crippen LogP) is 4.28. The molecule has 0 saturated heterocycles. The van der Waals surface area contributed by atoms with Crippen LogP contribution in [0.15, 0.2) is 53.6 Å². The zero-order valence-electron chi connectivity index (χ0n) is 17.3. The summed E-state index contributed by atoms with van der Waals surface area (Å²) >= 11 is 3.15. The van der Waals surface area contributed by atoms with Crippen molar-refractivity contribution in [3.8, 4) is 16.5 Å². The Morgan fingerprint density at radius 2 is 1.94 bits per heavy atom. The van der Waals surface area contributed by atoms with Gasteiger partial charge >= 0.3 is 0 Å². The Morgan fingerprint density at radius 1 is 1.12 bits per heavy atom. The highest BCUT2D eigenvalue weighted by atomic mass is 32.1. The molecular weight excluding hydrogens is 444 g/mol. The number of fused-ring (bicyclic) bond motifs is 1. The number of benzene rings is 1. The highest BCUT2D eigenvalue weighted by Gasteiger charge is 2.24. The highest BCUT2D eigenvalue weighted by molar-refractivity contribution is 7.19. The average Bonchev–Trinajstić information content (AvgIpc) is 3.49. The van der Waals surface area contributed by atoms with Gasteiger partial charge in [-0.3, -0.25) is 14.9 Å². The molecule has 0 spiro atoms. The van der Waals surface area contributed by atoms with E-state index in [0.29, 0.717) is 11.6 Å². The number of carbonyl (C=O) groups excluding carboxylic acids is 2. The van der Waals surface area contributed by atoms with Crippen molar-refractivity contribution in [1.82, 2.24) is 15.3 Å². The molecule has 0 radical (unpaired) electrons. The molecule has 3 aromatic heterocycles. The van der Waals surface area contributed by atoms with Crippen LogP contribution in [-0.4, -0.2) is 28.9 Å². The number of thiophene rings is 2. The summed E-state index contributed by atoms with van der Waals surface area (Å²) in [5, 5.41) is 8.15. The molecule has 1 aliphatic heterocycles. The van der Waals surface area contributed by atoms with Crippen LogP contribution in [-0.2, 0) is 16.0 Å². The first-order valence-corrected chi connectivity index (χ1v) is 11.5. The summed E-state index contributed by atoms with van der Waals surface area (Å²) in [5.74, 6) is 1.01. The number of amides is 2. The number of carbonyl (C=O) groups is 2. The van der Waals surface area contributed by atoms with Gasteiger partial charge in [0.15, 0.2) is 5.82 Å². The number of imide groups is 1. The third-order valence-corrected chi connectivity index (χ3v) is 7.22. The van der Waals surface area contributed by atoms with Crippen LogP contribution in [0.2, 0.25) is 0 Å². The van der Waals surface area contributed by atoms with E-state index in [0.717, 1.165) is 43.3 Å². The number of aromatic nitrogens is 2. The number of rotatable bonds is 6. The van der Waals surface area contributed by atoms with Gasteiger partial charge in [-0.05, 0) is 41.6 Å². The number of anilines is 1. The molecule has 0 unspecified atom stereocenters. The monoisotopic (exact) mass is 462 g/mol. The van der Waals surface area contributed by atoms with Crippen molar-refractivity contribution < 1.29 is 14.3 Å². The number of aryl methyl sites for hydroxylation is 1. The van der Waals surface area contributed by atoms with Gasteiger partial charge in [-0.15, -0.1) is 22.7 Å². The van der Waals surface area contributed by atoms with Crippen LogP contribution >= 0.6 is 22.7 Å². The first-order valence-electron chi connectivity index (χ1n) is 9.82. The summed E-state index contributed by atoms with van der Waals surface area (Å²) in [4.78, 5) is 36.2. The van der Waals surface area contributed by atoms with Gasteiger partial charge in [0, 0.05) is 17.4 Å². The summed E-state index contributed by atoms with van der Waals surface area (Å²) < 4.78 is 5.25. The van der Waals surface area contributed by atoms with Crippen molar-refractivity contribution in [1.29, 1.82) is 0 Å². The van der Waals surface area contributed by atoms with E-state index in [1.54, 1.807) is 29.8 Å². The quantitative estimate of drug-likeness (QED) is 0.416.